The average Bonchev–Trinajstić information content (AvgIpc) is 2.99. The SMILES string of the molecule is COCC(C)Nc1c([NH2+]O)cnc2cc(-c3c(C)noc3C)c(OC)cc12. The molecule has 0 radical (unpaired) electrons. The van der Waals surface area contributed by atoms with Crippen molar-refractivity contribution in [1.82, 2.24) is 10.1 Å². The number of ether oxygens (including phenoxy) is 2. The summed E-state index contributed by atoms with van der Waals surface area (Å²) < 4.78 is 16.2. The van der Waals surface area contributed by atoms with Gasteiger partial charge in [0.2, 0.25) is 5.69 Å². The first-order valence-corrected chi connectivity index (χ1v) is 8.67. The van der Waals surface area contributed by atoms with Crippen molar-refractivity contribution in [2.24, 2.45) is 0 Å². The first-order chi connectivity index (χ1) is 13.0. The molecule has 0 aliphatic rings. The molecule has 0 fully saturated rings. The molecule has 0 amide bonds. The molecule has 3 rings (SSSR count). The standard InChI is InChI=1S/C19H24N4O4/c1-10(9-25-4)21-19-13-7-17(26-5)14(18-11(2)23-27-12(18)3)6-15(13)20-8-16(19)22-24/h6-8,10,22,24H,9H2,1-5H3,(H,20,21)/p+1. The number of hydrogen-bond donors (Lipinski definition) is 3. The molecule has 0 bridgehead atoms. The molecule has 4 N–H and O–H groups in total. The van der Waals surface area contributed by atoms with E-state index in [1.807, 2.05) is 32.9 Å². The Labute approximate surface area is 157 Å². The summed E-state index contributed by atoms with van der Waals surface area (Å²) in [6, 6.07) is 3.92. The van der Waals surface area contributed by atoms with Gasteiger partial charge in [0.1, 0.15) is 17.2 Å². The van der Waals surface area contributed by atoms with Crippen LogP contribution in [0.1, 0.15) is 18.4 Å². The van der Waals surface area contributed by atoms with E-state index in [1.165, 1.54) is 0 Å². The van der Waals surface area contributed by atoms with Crippen LogP contribution in [0.3, 0.4) is 0 Å². The van der Waals surface area contributed by atoms with Gasteiger partial charge in [-0.05, 0) is 32.9 Å². The van der Waals surface area contributed by atoms with Gasteiger partial charge in [0, 0.05) is 24.1 Å². The van der Waals surface area contributed by atoms with Crippen LogP contribution in [0.4, 0.5) is 11.4 Å². The molecule has 8 nitrogen and oxygen atoms in total. The lowest BCUT2D eigenvalue weighted by molar-refractivity contribution is -0.825. The van der Waals surface area contributed by atoms with Crippen molar-refractivity contribution >= 4 is 22.3 Å². The van der Waals surface area contributed by atoms with Crippen molar-refractivity contribution in [2.45, 2.75) is 26.8 Å². The minimum absolute atomic E-state index is 0.0486. The van der Waals surface area contributed by atoms with E-state index in [1.54, 1.807) is 20.4 Å². The van der Waals surface area contributed by atoms with Crippen molar-refractivity contribution in [3.8, 4) is 16.9 Å². The lowest BCUT2D eigenvalue weighted by Gasteiger charge is -2.18. The number of aryl methyl sites for hydroxylation is 2. The Kier molecular flexibility index (Phi) is 5.59. The Morgan fingerprint density at radius 2 is 2.07 bits per heavy atom. The fourth-order valence-corrected chi connectivity index (χ4v) is 3.26. The topological polar surface area (TPSA) is 106 Å². The van der Waals surface area contributed by atoms with Crippen molar-refractivity contribution in [3.05, 3.63) is 29.8 Å². The number of aromatic nitrogens is 2. The zero-order valence-electron chi connectivity index (χ0n) is 16.2. The Balaban J connectivity index is 2.22. The van der Waals surface area contributed by atoms with Crippen LogP contribution in [0.25, 0.3) is 22.0 Å². The third kappa shape index (κ3) is 3.59. The van der Waals surface area contributed by atoms with Crippen LogP contribution in [-0.4, -0.2) is 42.2 Å². The van der Waals surface area contributed by atoms with Crippen LogP contribution < -0.4 is 15.5 Å². The zero-order valence-corrected chi connectivity index (χ0v) is 16.2. The van der Waals surface area contributed by atoms with Crippen LogP contribution in [-0.2, 0) is 4.74 Å². The molecule has 1 aromatic carbocycles. The van der Waals surface area contributed by atoms with Gasteiger partial charge in [0.25, 0.3) is 0 Å². The number of methoxy groups -OCH3 is 2. The highest BCUT2D eigenvalue weighted by Gasteiger charge is 2.21. The second-order valence-corrected chi connectivity index (χ2v) is 6.49. The molecule has 0 aliphatic carbocycles. The molecule has 8 heteroatoms. The molecule has 0 spiro atoms. The summed E-state index contributed by atoms with van der Waals surface area (Å²) >= 11 is 0. The summed E-state index contributed by atoms with van der Waals surface area (Å²) in [4.78, 5) is 4.50. The van der Waals surface area contributed by atoms with E-state index in [0.29, 0.717) is 18.0 Å². The third-order valence-corrected chi connectivity index (χ3v) is 4.47. The molecule has 2 heterocycles. The number of rotatable bonds is 7. The van der Waals surface area contributed by atoms with E-state index in [2.05, 4.69) is 15.5 Å². The van der Waals surface area contributed by atoms with Crippen molar-refractivity contribution in [2.75, 3.05) is 26.1 Å². The number of nitrogens with one attached hydrogen (secondary N) is 1. The quantitative estimate of drug-likeness (QED) is 0.546. The largest absolute Gasteiger partial charge is 0.496 e. The van der Waals surface area contributed by atoms with Crippen LogP contribution in [0.15, 0.2) is 22.9 Å². The number of fused-ring (bicyclic) bond motifs is 1. The third-order valence-electron chi connectivity index (χ3n) is 4.47. The monoisotopic (exact) mass is 373 g/mol. The molecule has 1 atom stereocenters. The van der Waals surface area contributed by atoms with Crippen LogP contribution in [0, 0.1) is 13.8 Å². The summed E-state index contributed by atoms with van der Waals surface area (Å²) in [6.45, 7) is 6.30. The smallest absolute Gasteiger partial charge is 0.204 e. The van der Waals surface area contributed by atoms with E-state index >= 15 is 0 Å². The van der Waals surface area contributed by atoms with E-state index in [-0.39, 0.29) is 6.04 Å². The number of pyridine rings is 1. The van der Waals surface area contributed by atoms with Crippen molar-refractivity contribution < 1.29 is 24.7 Å². The molecule has 2 aromatic heterocycles. The zero-order chi connectivity index (χ0) is 19.6. The summed E-state index contributed by atoms with van der Waals surface area (Å²) in [6.07, 6.45) is 1.63. The van der Waals surface area contributed by atoms with E-state index < -0.39 is 0 Å². The number of nitrogens with zero attached hydrogens (tertiary/aromatic N) is 2. The average molecular weight is 373 g/mol. The van der Waals surface area contributed by atoms with Gasteiger partial charge in [-0.2, -0.15) is 5.48 Å². The molecule has 3 aromatic rings. The Morgan fingerprint density at radius 3 is 2.67 bits per heavy atom. The molecule has 0 aliphatic heterocycles. The highest BCUT2D eigenvalue weighted by molar-refractivity contribution is 5.99. The Hall–Kier alpha value is -2.68. The molecule has 1 unspecified atom stereocenters. The van der Waals surface area contributed by atoms with Gasteiger partial charge >= 0.3 is 0 Å². The molecule has 0 saturated carbocycles. The van der Waals surface area contributed by atoms with Crippen molar-refractivity contribution in [1.29, 1.82) is 0 Å². The predicted octanol–water partition coefficient (Wildman–Crippen LogP) is 2.55. The predicted molar refractivity (Wildman–Crippen MR) is 102 cm³/mol. The van der Waals surface area contributed by atoms with Gasteiger partial charge in [-0.15, -0.1) is 0 Å². The minimum Gasteiger partial charge on any atom is -0.496 e. The summed E-state index contributed by atoms with van der Waals surface area (Å²) in [5.74, 6) is 1.40. The van der Waals surface area contributed by atoms with Crippen LogP contribution >= 0.6 is 0 Å². The first kappa shape index (κ1) is 19.1. The normalized spacial score (nSPS) is 12.4. The summed E-state index contributed by atoms with van der Waals surface area (Å²) in [7, 11) is 3.28. The number of quaternary nitrogens is 1. The van der Waals surface area contributed by atoms with E-state index in [9.17, 15) is 5.21 Å². The van der Waals surface area contributed by atoms with Gasteiger partial charge in [0.15, 0.2) is 0 Å². The van der Waals surface area contributed by atoms with Crippen LogP contribution in [0.2, 0.25) is 0 Å². The maximum absolute atomic E-state index is 9.64. The van der Waals surface area contributed by atoms with E-state index in [0.717, 1.165) is 44.7 Å². The van der Waals surface area contributed by atoms with Gasteiger partial charge < -0.3 is 19.3 Å². The lowest BCUT2D eigenvalue weighted by Crippen LogP contribution is -2.74. The lowest BCUT2D eigenvalue weighted by atomic mass is 10.00. The maximum atomic E-state index is 9.64. The highest BCUT2D eigenvalue weighted by Crippen LogP contribution is 2.40. The fourth-order valence-electron chi connectivity index (χ4n) is 3.26. The van der Waals surface area contributed by atoms with Gasteiger partial charge in [-0.25, -0.2) is 10.2 Å². The number of hydrogen-bond acceptors (Lipinski definition) is 7. The van der Waals surface area contributed by atoms with Gasteiger partial charge in [-0.3, -0.25) is 0 Å². The first-order valence-electron chi connectivity index (χ1n) is 8.67. The summed E-state index contributed by atoms with van der Waals surface area (Å²) in [5, 5.41) is 17.9. The molecular formula is C19H25N4O4+. The number of anilines is 1. The number of benzene rings is 1. The molecule has 0 saturated heterocycles. The second kappa shape index (κ2) is 7.91. The molecule has 27 heavy (non-hydrogen) atoms. The second-order valence-electron chi connectivity index (χ2n) is 6.49. The number of nitrogens with two attached hydrogens (primary N) is 1. The maximum Gasteiger partial charge on any atom is 0.204 e. The van der Waals surface area contributed by atoms with E-state index in [4.69, 9.17) is 14.0 Å². The molecule has 144 valence electrons. The molecular weight excluding hydrogens is 348 g/mol. The van der Waals surface area contributed by atoms with Gasteiger partial charge in [0.05, 0.1) is 36.7 Å². The Morgan fingerprint density at radius 1 is 1.30 bits per heavy atom. The summed E-state index contributed by atoms with van der Waals surface area (Å²) in [5.41, 5.74) is 5.73. The highest BCUT2D eigenvalue weighted by atomic mass is 16.5. The fraction of sp³-hybridized carbons (Fsp3) is 0.368. The van der Waals surface area contributed by atoms with Crippen LogP contribution in [0.5, 0.6) is 5.75 Å². The minimum atomic E-state index is 0.0486. The van der Waals surface area contributed by atoms with Crippen molar-refractivity contribution in [3.63, 3.8) is 0 Å². The Bertz CT molecular complexity index is 935. The van der Waals surface area contributed by atoms with Gasteiger partial charge in [-0.1, -0.05) is 5.16 Å².